The smallest absolute Gasteiger partial charge is 0.160 e. The molecule has 7 heteroatoms. The highest BCUT2D eigenvalue weighted by Gasteiger charge is 2.15. The fourth-order valence-electron chi connectivity index (χ4n) is 3.13. The number of rotatable bonds is 12. The SMILES string of the molecule is CCOC(CCN(Cc1ccc(CC)c(F)c1)c1ccc(C#N)nc1)OCC#CCNC. The minimum absolute atomic E-state index is 0.196. The van der Waals surface area contributed by atoms with Gasteiger partial charge in [0.15, 0.2) is 6.29 Å². The third-order valence-electron chi connectivity index (χ3n) is 4.82. The van der Waals surface area contributed by atoms with E-state index in [1.54, 1.807) is 18.3 Å². The van der Waals surface area contributed by atoms with E-state index in [2.05, 4.69) is 27.0 Å². The molecule has 1 aromatic heterocycles. The van der Waals surface area contributed by atoms with Gasteiger partial charge >= 0.3 is 0 Å². The molecule has 32 heavy (non-hydrogen) atoms. The summed E-state index contributed by atoms with van der Waals surface area (Å²) in [5.74, 6) is 5.72. The van der Waals surface area contributed by atoms with Crippen molar-refractivity contribution in [2.24, 2.45) is 0 Å². The van der Waals surface area contributed by atoms with Gasteiger partial charge < -0.3 is 19.7 Å². The van der Waals surface area contributed by atoms with Crippen molar-refractivity contribution in [1.82, 2.24) is 10.3 Å². The monoisotopic (exact) mass is 438 g/mol. The average Bonchev–Trinajstić information content (AvgIpc) is 2.81. The van der Waals surface area contributed by atoms with Crippen LogP contribution in [0.15, 0.2) is 36.5 Å². The van der Waals surface area contributed by atoms with Gasteiger partial charge in [-0.3, -0.25) is 0 Å². The largest absolute Gasteiger partial charge is 0.366 e. The topological polar surface area (TPSA) is 70.4 Å². The van der Waals surface area contributed by atoms with Gasteiger partial charge in [0.25, 0.3) is 0 Å². The van der Waals surface area contributed by atoms with E-state index in [9.17, 15) is 4.39 Å². The van der Waals surface area contributed by atoms with Crippen molar-refractivity contribution in [3.63, 3.8) is 0 Å². The lowest BCUT2D eigenvalue weighted by Crippen LogP contribution is -2.29. The van der Waals surface area contributed by atoms with Crippen LogP contribution in [0.2, 0.25) is 0 Å². The predicted octanol–water partition coefficient (Wildman–Crippen LogP) is 3.65. The molecule has 1 unspecified atom stereocenters. The molecule has 1 heterocycles. The minimum atomic E-state index is -0.406. The summed E-state index contributed by atoms with van der Waals surface area (Å²) in [5, 5.41) is 12.0. The van der Waals surface area contributed by atoms with Crippen molar-refractivity contribution in [3.05, 3.63) is 59.2 Å². The van der Waals surface area contributed by atoms with Gasteiger partial charge in [-0.2, -0.15) is 5.26 Å². The molecule has 170 valence electrons. The Morgan fingerprint density at radius 3 is 2.66 bits per heavy atom. The third-order valence-corrected chi connectivity index (χ3v) is 4.82. The number of nitrogens with zero attached hydrogens (tertiary/aromatic N) is 3. The van der Waals surface area contributed by atoms with Crippen molar-refractivity contribution in [2.75, 3.05) is 38.3 Å². The third kappa shape index (κ3) is 8.28. The molecule has 2 rings (SSSR count). The fraction of sp³-hybridized carbons (Fsp3) is 0.440. The number of pyridine rings is 1. The number of hydrogen-bond donors (Lipinski definition) is 1. The number of hydrogen-bond acceptors (Lipinski definition) is 6. The van der Waals surface area contributed by atoms with Crippen LogP contribution in [0.1, 0.15) is 37.1 Å². The zero-order valence-corrected chi connectivity index (χ0v) is 19.0. The van der Waals surface area contributed by atoms with Crippen molar-refractivity contribution < 1.29 is 13.9 Å². The Labute approximate surface area is 190 Å². The summed E-state index contributed by atoms with van der Waals surface area (Å²) in [5.41, 5.74) is 2.75. The quantitative estimate of drug-likeness (QED) is 0.403. The number of benzene rings is 1. The maximum atomic E-state index is 14.3. The van der Waals surface area contributed by atoms with E-state index >= 15 is 0 Å². The van der Waals surface area contributed by atoms with Gasteiger partial charge in [-0.05, 0) is 49.7 Å². The van der Waals surface area contributed by atoms with Gasteiger partial charge in [-0.1, -0.05) is 30.9 Å². The van der Waals surface area contributed by atoms with Crippen LogP contribution < -0.4 is 10.2 Å². The Kier molecular flexibility index (Phi) is 11.2. The molecule has 1 N–H and O–H groups in total. The molecule has 2 aromatic rings. The Hall–Kier alpha value is -2.97. The van der Waals surface area contributed by atoms with E-state index in [0.29, 0.717) is 50.3 Å². The van der Waals surface area contributed by atoms with Crippen molar-refractivity contribution >= 4 is 5.69 Å². The normalized spacial score (nSPS) is 11.3. The van der Waals surface area contributed by atoms with Crippen LogP contribution in [0.5, 0.6) is 0 Å². The summed E-state index contributed by atoms with van der Waals surface area (Å²) in [6.07, 6.45) is 2.50. The molecule has 1 aromatic carbocycles. The molecular formula is C25H31FN4O2. The Balaban J connectivity index is 2.13. The van der Waals surface area contributed by atoms with E-state index in [-0.39, 0.29) is 12.4 Å². The van der Waals surface area contributed by atoms with Crippen LogP contribution >= 0.6 is 0 Å². The Morgan fingerprint density at radius 2 is 2.03 bits per heavy atom. The summed E-state index contributed by atoms with van der Waals surface area (Å²) in [7, 11) is 1.84. The van der Waals surface area contributed by atoms with Crippen LogP contribution in [-0.2, 0) is 22.4 Å². The molecule has 0 aliphatic heterocycles. The van der Waals surface area contributed by atoms with Gasteiger partial charge in [0.1, 0.15) is 24.2 Å². The molecule has 0 radical (unpaired) electrons. The standard InChI is InChI=1S/C25H31FN4O2/c1-4-21-9-8-20(16-24(21)26)19-30(23-11-10-22(17-27)29-18-23)14-12-25(31-5-2)32-15-7-6-13-28-3/h8-11,16,18,25,28H,4-5,12-15,19H2,1-3H3. The molecule has 0 aliphatic carbocycles. The lowest BCUT2D eigenvalue weighted by molar-refractivity contribution is -0.132. The summed E-state index contributed by atoms with van der Waals surface area (Å²) >= 11 is 0. The number of nitrogens with one attached hydrogen (secondary N) is 1. The van der Waals surface area contributed by atoms with Gasteiger partial charge in [0, 0.05) is 26.1 Å². The molecule has 0 saturated heterocycles. The maximum Gasteiger partial charge on any atom is 0.160 e. The highest BCUT2D eigenvalue weighted by atomic mass is 19.1. The number of ether oxygens (including phenoxy) is 2. The highest BCUT2D eigenvalue weighted by molar-refractivity contribution is 5.46. The minimum Gasteiger partial charge on any atom is -0.366 e. The van der Waals surface area contributed by atoms with Crippen LogP contribution in [0.4, 0.5) is 10.1 Å². The summed E-state index contributed by atoms with van der Waals surface area (Å²) in [6, 6.07) is 10.9. The van der Waals surface area contributed by atoms with Crippen LogP contribution in [0.3, 0.4) is 0 Å². The maximum absolute atomic E-state index is 14.3. The lowest BCUT2D eigenvalue weighted by atomic mass is 10.1. The fourth-order valence-corrected chi connectivity index (χ4v) is 3.13. The number of halogens is 1. The average molecular weight is 439 g/mol. The molecular weight excluding hydrogens is 407 g/mol. The van der Waals surface area contributed by atoms with Gasteiger partial charge in [0.05, 0.1) is 18.4 Å². The first kappa shape index (κ1) is 25.3. The van der Waals surface area contributed by atoms with E-state index in [0.717, 1.165) is 11.3 Å². The number of nitriles is 1. The van der Waals surface area contributed by atoms with E-state index in [1.807, 2.05) is 45.2 Å². The summed E-state index contributed by atoms with van der Waals surface area (Å²) < 4.78 is 25.8. The van der Waals surface area contributed by atoms with Crippen molar-refractivity contribution in [1.29, 1.82) is 5.26 Å². The molecule has 1 atom stereocenters. The van der Waals surface area contributed by atoms with Gasteiger partial charge in [-0.25, -0.2) is 9.37 Å². The Bertz CT molecular complexity index is 932. The first-order valence-corrected chi connectivity index (χ1v) is 10.8. The Morgan fingerprint density at radius 1 is 1.19 bits per heavy atom. The predicted molar refractivity (Wildman–Crippen MR) is 123 cm³/mol. The molecule has 0 spiro atoms. The van der Waals surface area contributed by atoms with Crippen LogP contribution in [-0.4, -0.2) is 44.6 Å². The summed E-state index contributed by atoms with van der Waals surface area (Å²) in [4.78, 5) is 6.26. The second-order valence-electron chi connectivity index (χ2n) is 7.08. The number of aromatic nitrogens is 1. The molecule has 0 fully saturated rings. The molecule has 0 bridgehead atoms. The van der Waals surface area contributed by atoms with Crippen molar-refractivity contribution in [3.8, 4) is 17.9 Å². The highest BCUT2D eigenvalue weighted by Crippen LogP contribution is 2.20. The molecule has 6 nitrogen and oxygen atoms in total. The zero-order chi connectivity index (χ0) is 23.2. The molecule has 0 amide bonds. The van der Waals surface area contributed by atoms with Crippen molar-refractivity contribution in [2.45, 2.75) is 39.5 Å². The first-order chi connectivity index (χ1) is 15.6. The first-order valence-electron chi connectivity index (χ1n) is 10.8. The van der Waals surface area contributed by atoms with E-state index in [4.69, 9.17) is 14.7 Å². The lowest BCUT2D eigenvalue weighted by Gasteiger charge is -2.27. The van der Waals surface area contributed by atoms with Gasteiger partial charge in [-0.15, -0.1) is 0 Å². The zero-order valence-electron chi connectivity index (χ0n) is 19.0. The second-order valence-corrected chi connectivity index (χ2v) is 7.08. The summed E-state index contributed by atoms with van der Waals surface area (Å²) in [6.45, 7) is 6.36. The number of aryl methyl sites for hydroxylation is 1. The van der Waals surface area contributed by atoms with Gasteiger partial charge in [0.2, 0.25) is 0 Å². The van der Waals surface area contributed by atoms with Crippen LogP contribution in [0.25, 0.3) is 0 Å². The second kappa shape index (κ2) is 14.2. The molecule has 0 saturated carbocycles. The van der Waals surface area contributed by atoms with Crippen LogP contribution in [0, 0.1) is 29.0 Å². The number of anilines is 1. The van der Waals surface area contributed by atoms with E-state index in [1.165, 1.54) is 0 Å². The van der Waals surface area contributed by atoms with E-state index < -0.39 is 6.29 Å². The molecule has 0 aliphatic rings.